The molecule has 1 amide bonds. The Hall–Kier alpha value is -2.24. The van der Waals surface area contributed by atoms with E-state index in [1.165, 1.54) is 17.7 Å². The van der Waals surface area contributed by atoms with E-state index in [0.29, 0.717) is 18.7 Å². The molecule has 2 aliphatic rings. The van der Waals surface area contributed by atoms with Crippen LogP contribution in [0.25, 0.3) is 0 Å². The molecule has 5 heteroatoms. The number of carbonyl (C=O) groups excluding carboxylic acids is 1. The highest BCUT2D eigenvalue weighted by Gasteiger charge is 2.27. The molecule has 0 aliphatic carbocycles. The first-order valence-corrected chi connectivity index (χ1v) is 9.50. The van der Waals surface area contributed by atoms with E-state index in [-0.39, 0.29) is 11.9 Å². The number of halogens is 1. The molecule has 0 bridgehead atoms. The summed E-state index contributed by atoms with van der Waals surface area (Å²) in [5.74, 6) is -0.259. The van der Waals surface area contributed by atoms with Crippen LogP contribution < -0.4 is 5.73 Å². The van der Waals surface area contributed by atoms with Gasteiger partial charge in [-0.1, -0.05) is 36.4 Å². The minimum Gasteiger partial charge on any atom is -0.377 e. The zero-order valence-corrected chi connectivity index (χ0v) is 15.7. The summed E-state index contributed by atoms with van der Waals surface area (Å²) in [6.07, 6.45) is 4.44. The number of hydrogen-bond donors (Lipinski definition) is 1. The summed E-state index contributed by atoms with van der Waals surface area (Å²) in [5.41, 5.74) is 8.91. The predicted octanol–water partition coefficient (Wildman–Crippen LogP) is 3.44. The van der Waals surface area contributed by atoms with Crippen LogP contribution in [0.1, 0.15) is 42.5 Å². The van der Waals surface area contributed by atoms with Gasteiger partial charge in [-0.3, -0.25) is 4.79 Å². The third-order valence-electron chi connectivity index (χ3n) is 5.18. The van der Waals surface area contributed by atoms with Gasteiger partial charge in [0.2, 0.25) is 6.41 Å². The zero-order chi connectivity index (χ0) is 19.2. The summed E-state index contributed by atoms with van der Waals surface area (Å²) in [4.78, 5) is 13.0. The van der Waals surface area contributed by atoms with Gasteiger partial charge in [-0.2, -0.15) is 0 Å². The molecule has 0 aromatic heterocycles. The van der Waals surface area contributed by atoms with Gasteiger partial charge in [0.15, 0.2) is 0 Å². The largest absolute Gasteiger partial charge is 0.377 e. The van der Waals surface area contributed by atoms with Crippen LogP contribution in [0.4, 0.5) is 4.39 Å². The fourth-order valence-electron chi connectivity index (χ4n) is 3.62. The second kappa shape index (κ2) is 9.11. The van der Waals surface area contributed by atoms with Crippen molar-refractivity contribution in [1.29, 1.82) is 0 Å². The van der Waals surface area contributed by atoms with E-state index in [2.05, 4.69) is 13.0 Å². The highest BCUT2D eigenvalue weighted by molar-refractivity contribution is 5.54. The van der Waals surface area contributed by atoms with Crippen molar-refractivity contribution in [2.75, 3.05) is 13.2 Å². The smallest absolute Gasteiger partial charge is 0.210 e. The monoisotopic (exact) mass is 370 g/mol. The van der Waals surface area contributed by atoms with Crippen molar-refractivity contribution >= 4 is 6.41 Å². The van der Waals surface area contributed by atoms with Gasteiger partial charge in [0.25, 0.3) is 0 Å². The van der Waals surface area contributed by atoms with E-state index in [1.807, 2.05) is 18.2 Å². The van der Waals surface area contributed by atoms with Crippen molar-refractivity contribution in [3.05, 3.63) is 71.0 Å². The highest BCUT2D eigenvalue weighted by atomic mass is 19.1. The Morgan fingerprint density at radius 2 is 1.89 bits per heavy atom. The molecule has 2 aliphatic heterocycles. The van der Waals surface area contributed by atoms with Crippen LogP contribution in [0.3, 0.4) is 0 Å². The minimum atomic E-state index is -0.259. The number of fused-ring (bicyclic) bond motifs is 1. The molecule has 0 saturated carbocycles. The van der Waals surface area contributed by atoms with Gasteiger partial charge >= 0.3 is 0 Å². The number of hydrogen-bond acceptors (Lipinski definition) is 3. The Bertz CT molecular complexity index is 732. The fraction of sp³-hybridized carbons (Fsp3) is 0.409. The molecule has 2 unspecified atom stereocenters. The SMILES string of the molecule is CC1CCC(N)CO1.O=CN1CCc2ccccc2[C@@H]1c1ccc(F)cc1. The van der Waals surface area contributed by atoms with Gasteiger partial charge in [-0.15, -0.1) is 0 Å². The summed E-state index contributed by atoms with van der Waals surface area (Å²) < 4.78 is 18.3. The first-order chi connectivity index (χ1) is 13.1. The number of rotatable bonds is 2. The van der Waals surface area contributed by atoms with E-state index < -0.39 is 0 Å². The molecule has 0 radical (unpaired) electrons. The van der Waals surface area contributed by atoms with Gasteiger partial charge in [-0.05, 0) is 55.0 Å². The van der Waals surface area contributed by atoms with E-state index in [9.17, 15) is 9.18 Å². The van der Waals surface area contributed by atoms with Crippen LogP contribution in [-0.2, 0) is 16.0 Å². The van der Waals surface area contributed by atoms with Crippen LogP contribution in [0.2, 0.25) is 0 Å². The maximum absolute atomic E-state index is 13.0. The number of carbonyl (C=O) groups is 1. The van der Waals surface area contributed by atoms with Crippen molar-refractivity contribution in [2.45, 2.75) is 44.4 Å². The summed E-state index contributed by atoms with van der Waals surface area (Å²) in [7, 11) is 0. The zero-order valence-electron chi connectivity index (χ0n) is 15.7. The lowest BCUT2D eigenvalue weighted by Crippen LogP contribution is -2.34. The van der Waals surface area contributed by atoms with Crippen LogP contribution in [0.15, 0.2) is 48.5 Å². The van der Waals surface area contributed by atoms with Crippen molar-refractivity contribution in [1.82, 2.24) is 4.90 Å². The van der Waals surface area contributed by atoms with Crippen molar-refractivity contribution in [3.8, 4) is 0 Å². The van der Waals surface area contributed by atoms with Gasteiger partial charge in [-0.25, -0.2) is 4.39 Å². The molecule has 144 valence electrons. The van der Waals surface area contributed by atoms with Gasteiger partial charge in [0.1, 0.15) is 5.82 Å². The molecule has 27 heavy (non-hydrogen) atoms. The van der Waals surface area contributed by atoms with Gasteiger partial charge in [0.05, 0.1) is 18.8 Å². The molecule has 0 spiro atoms. The van der Waals surface area contributed by atoms with Gasteiger partial charge < -0.3 is 15.4 Å². The number of amides is 1. The lowest BCUT2D eigenvalue weighted by molar-refractivity contribution is -0.119. The molecular weight excluding hydrogens is 343 g/mol. The highest BCUT2D eigenvalue weighted by Crippen LogP contribution is 2.34. The molecule has 3 atom stereocenters. The fourth-order valence-corrected chi connectivity index (χ4v) is 3.62. The predicted molar refractivity (Wildman–Crippen MR) is 104 cm³/mol. The van der Waals surface area contributed by atoms with Crippen LogP contribution in [0, 0.1) is 5.82 Å². The van der Waals surface area contributed by atoms with Crippen molar-refractivity contribution in [3.63, 3.8) is 0 Å². The number of nitrogens with two attached hydrogens (primary N) is 1. The summed E-state index contributed by atoms with van der Waals surface area (Å²) >= 11 is 0. The lowest BCUT2D eigenvalue weighted by Gasteiger charge is -2.35. The van der Waals surface area contributed by atoms with Crippen LogP contribution in [0.5, 0.6) is 0 Å². The topological polar surface area (TPSA) is 55.6 Å². The molecule has 2 aromatic carbocycles. The van der Waals surface area contributed by atoms with Crippen LogP contribution >= 0.6 is 0 Å². The standard InChI is InChI=1S/C16H14FNO.C6H13NO/c17-14-7-5-13(6-8-14)16-15-4-2-1-3-12(15)9-10-18(16)11-19;1-5-2-3-6(7)4-8-5/h1-8,11,16H,9-10H2;5-6H,2-4,7H2,1H3/t16-;/m0./s1. The minimum absolute atomic E-state index is 0.108. The summed E-state index contributed by atoms with van der Waals surface area (Å²) in [5, 5.41) is 0. The Labute approximate surface area is 160 Å². The quantitative estimate of drug-likeness (QED) is 0.824. The van der Waals surface area contributed by atoms with E-state index in [1.54, 1.807) is 17.0 Å². The van der Waals surface area contributed by atoms with Crippen molar-refractivity contribution < 1.29 is 13.9 Å². The Kier molecular flexibility index (Phi) is 6.58. The maximum Gasteiger partial charge on any atom is 0.210 e. The molecule has 2 heterocycles. The molecule has 1 fully saturated rings. The first kappa shape index (κ1) is 19.5. The molecule has 2 N–H and O–H groups in total. The Morgan fingerprint density at radius 3 is 2.52 bits per heavy atom. The van der Waals surface area contributed by atoms with Crippen molar-refractivity contribution in [2.24, 2.45) is 5.73 Å². The number of benzene rings is 2. The summed E-state index contributed by atoms with van der Waals surface area (Å²) in [6, 6.07) is 14.7. The van der Waals surface area contributed by atoms with Crippen LogP contribution in [-0.4, -0.2) is 36.6 Å². The average molecular weight is 370 g/mol. The molecule has 2 aromatic rings. The Balaban J connectivity index is 0.000000221. The Morgan fingerprint density at radius 1 is 1.15 bits per heavy atom. The molecule has 1 saturated heterocycles. The second-order valence-electron chi connectivity index (χ2n) is 7.23. The second-order valence-corrected chi connectivity index (χ2v) is 7.23. The third-order valence-corrected chi connectivity index (χ3v) is 5.18. The number of ether oxygens (including phenoxy) is 1. The van der Waals surface area contributed by atoms with E-state index >= 15 is 0 Å². The average Bonchev–Trinajstić information content (AvgIpc) is 2.70. The lowest BCUT2D eigenvalue weighted by atomic mass is 9.88. The van der Waals surface area contributed by atoms with E-state index in [0.717, 1.165) is 43.4 Å². The first-order valence-electron chi connectivity index (χ1n) is 9.50. The normalized spacial score (nSPS) is 24.4. The number of nitrogens with zero attached hydrogens (tertiary/aromatic N) is 1. The maximum atomic E-state index is 13.0. The molecule has 4 nitrogen and oxygen atoms in total. The van der Waals surface area contributed by atoms with E-state index in [4.69, 9.17) is 10.5 Å². The third kappa shape index (κ3) is 4.93. The summed E-state index contributed by atoms with van der Waals surface area (Å²) in [6.45, 7) is 3.54. The molecular formula is C22H27FN2O2. The van der Waals surface area contributed by atoms with Gasteiger partial charge in [0, 0.05) is 12.6 Å². The molecule has 4 rings (SSSR count).